The zero-order chi connectivity index (χ0) is 23.2. The van der Waals surface area contributed by atoms with E-state index >= 15 is 0 Å². The Morgan fingerprint density at radius 2 is 1.88 bits per heavy atom. The van der Waals surface area contributed by atoms with Gasteiger partial charge >= 0.3 is 0 Å². The summed E-state index contributed by atoms with van der Waals surface area (Å²) in [7, 11) is 0. The van der Waals surface area contributed by atoms with Gasteiger partial charge in [0.1, 0.15) is 0 Å². The lowest BCUT2D eigenvalue weighted by Gasteiger charge is -2.33. The summed E-state index contributed by atoms with van der Waals surface area (Å²) in [6.45, 7) is 12.6. The second kappa shape index (κ2) is 14.9. The van der Waals surface area contributed by atoms with Crippen LogP contribution in [0.15, 0.2) is 47.6 Å². The Hall–Kier alpha value is -2.07. The van der Waals surface area contributed by atoms with Gasteiger partial charge < -0.3 is 16.0 Å². The molecule has 3 rings (SSSR count). The van der Waals surface area contributed by atoms with Crippen LogP contribution in [0.2, 0.25) is 0 Å². The average molecular weight is 439 g/mol. The summed E-state index contributed by atoms with van der Waals surface area (Å²) in [5.41, 5.74) is 11.9. The van der Waals surface area contributed by atoms with Gasteiger partial charge in [-0.15, -0.1) is 0 Å². The van der Waals surface area contributed by atoms with Gasteiger partial charge in [-0.2, -0.15) is 0 Å². The molecule has 4 N–H and O–H groups in total. The van der Waals surface area contributed by atoms with E-state index in [1.54, 1.807) is 11.1 Å². The second-order valence-corrected chi connectivity index (χ2v) is 9.36. The molecule has 0 unspecified atom stereocenters. The van der Waals surface area contributed by atoms with Crippen molar-refractivity contribution in [2.24, 2.45) is 5.73 Å². The number of nitrogens with one attached hydrogen (secondary N) is 2. The maximum atomic E-state index is 5.86. The van der Waals surface area contributed by atoms with Crippen molar-refractivity contribution in [3.8, 4) is 0 Å². The van der Waals surface area contributed by atoms with Crippen molar-refractivity contribution in [2.75, 3.05) is 25.0 Å². The molecule has 0 amide bonds. The minimum absolute atomic E-state index is 0.628. The molecule has 4 nitrogen and oxygen atoms in total. The predicted molar refractivity (Wildman–Crippen MR) is 141 cm³/mol. The van der Waals surface area contributed by atoms with E-state index in [4.69, 9.17) is 5.41 Å². The van der Waals surface area contributed by atoms with Crippen molar-refractivity contribution in [1.29, 1.82) is 5.41 Å². The second-order valence-electron chi connectivity index (χ2n) is 9.36. The molecule has 0 aromatic heterocycles. The van der Waals surface area contributed by atoms with Crippen molar-refractivity contribution in [3.05, 3.63) is 53.1 Å². The Kier molecular flexibility index (Phi) is 12.2. The standard InChI is InChI=1S/C27H42N2.CH4N2/c1-4-5-13-24-14-7-9-16-27(24)28-25-17-20-29(21-18-25)19-10-12-23(3)26-15-8-6-11-22(26)2;2-1-3/h7,9,14,16,25,28H,2,4-6,8,10-13,15,17-21H2,1,3H3;1H,(H3,2,3)/b26-23+;. The topological polar surface area (TPSA) is 65.1 Å². The Morgan fingerprint density at radius 1 is 1.19 bits per heavy atom. The molecule has 4 heteroatoms. The van der Waals surface area contributed by atoms with Crippen LogP contribution >= 0.6 is 0 Å². The number of anilines is 1. The third-order valence-corrected chi connectivity index (χ3v) is 6.89. The van der Waals surface area contributed by atoms with Crippen molar-refractivity contribution in [3.63, 3.8) is 0 Å². The van der Waals surface area contributed by atoms with Gasteiger partial charge in [-0.3, -0.25) is 5.41 Å². The molecule has 178 valence electrons. The first kappa shape index (κ1) is 26.2. The molecule has 0 bridgehead atoms. The first-order valence-corrected chi connectivity index (χ1v) is 12.7. The first-order valence-electron chi connectivity index (χ1n) is 12.7. The quantitative estimate of drug-likeness (QED) is 0.297. The van der Waals surface area contributed by atoms with E-state index in [1.807, 2.05) is 0 Å². The molecular formula is C28H46N4. The minimum Gasteiger partial charge on any atom is -0.390 e. The van der Waals surface area contributed by atoms with Crippen LogP contribution in [0.5, 0.6) is 0 Å². The summed E-state index contributed by atoms with van der Waals surface area (Å²) >= 11 is 0. The van der Waals surface area contributed by atoms with Gasteiger partial charge in [0.25, 0.3) is 0 Å². The number of piperidine rings is 1. The van der Waals surface area contributed by atoms with Gasteiger partial charge in [0.05, 0.1) is 6.34 Å². The average Bonchev–Trinajstić information content (AvgIpc) is 2.80. The van der Waals surface area contributed by atoms with Gasteiger partial charge in [0.15, 0.2) is 0 Å². The highest BCUT2D eigenvalue weighted by Gasteiger charge is 2.19. The van der Waals surface area contributed by atoms with E-state index in [-0.39, 0.29) is 0 Å². The number of nitrogens with two attached hydrogens (primary N) is 1. The summed E-state index contributed by atoms with van der Waals surface area (Å²) < 4.78 is 0. The summed E-state index contributed by atoms with van der Waals surface area (Å²) in [4.78, 5) is 2.68. The number of aryl methyl sites for hydroxylation is 1. The van der Waals surface area contributed by atoms with Crippen LogP contribution in [0.25, 0.3) is 0 Å². The Morgan fingerprint density at radius 3 is 2.56 bits per heavy atom. The molecule has 32 heavy (non-hydrogen) atoms. The van der Waals surface area contributed by atoms with Crippen LogP contribution < -0.4 is 11.1 Å². The van der Waals surface area contributed by atoms with Crippen LogP contribution in [0.3, 0.4) is 0 Å². The zero-order valence-electron chi connectivity index (χ0n) is 20.6. The molecule has 1 aliphatic heterocycles. The fraction of sp³-hybridized carbons (Fsp3) is 0.607. The molecule has 2 aliphatic rings. The summed E-state index contributed by atoms with van der Waals surface area (Å²) in [5.74, 6) is 0. The van der Waals surface area contributed by atoms with Gasteiger partial charge in [-0.1, -0.05) is 49.3 Å². The predicted octanol–water partition coefficient (Wildman–Crippen LogP) is 6.68. The molecule has 2 fully saturated rings. The summed E-state index contributed by atoms with van der Waals surface area (Å²) in [5, 5.41) is 9.72. The lowest BCUT2D eigenvalue weighted by molar-refractivity contribution is 0.217. The summed E-state index contributed by atoms with van der Waals surface area (Å²) in [6, 6.07) is 9.55. The molecule has 1 aliphatic carbocycles. The molecule has 1 heterocycles. The number of hydrogen-bond donors (Lipinski definition) is 3. The largest absolute Gasteiger partial charge is 0.390 e. The fourth-order valence-corrected chi connectivity index (χ4v) is 4.97. The highest BCUT2D eigenvalue weighted by molar-refractivity contribution is 5.52. The number of benzene rings is 1. The number of nitrogens with zero attached hydrogens (tertiary/aromatic N) is 1. The van der Waals surface area contributed by atoms with E-state index in [0.717, 1.165) is 6.34 Å². The maximum Gasteiger partial charge on any atom is 0.0765 e. The monoisotopic (exact) mass is 438 g/mol. The van der Waals surface area contributed by atoms with Crippen molar-refractivity contribution >= 4 is 12.0 Å². The maximum absolute atomic E-state index is 5.86. The number of para-hydroxylation sites is 1. The highest BCUT2D eigenvalue weighted by Crippen LogP contribution is 2.31. The number of unbranched alkanes of at least 4 members (excludes halogenated alkanes) is 1. The molecule has 1 aromatic carbocycles. The molecule has 1 aromatic rings. The molecule has 0 spiro atoms. The van der Waals surface area contributed by atoms with Crippen molar-refractivity contribution < 1.29 is 0 Å². The van der Waals surface area contributed by atoms with Crippen molar-refractivity contribution in [2.45, 2.75) is 90.5 Å². The van der Waals surface area contributed by atoms with E-state index in [1.165, 1.54) is 107 Å². The van der Waals surface area contributed by atoms with Gasteiger partial charge in [0.2, 0.25) is 0 Å². The van der Waals surface area contributed by atoms with Crippen LogP contribution in [0.1, 0.15) is 83.6 Å². The normalized spacial score (nSPS) is 19.1. The van der Waals surface area contributed by atoms with E-state index in [9.17, 15) is 0 Å². The van der Waals surface area contributed by atoms with Gasteiger partial charge in [-0.05, 0) is 94.9 Å². The molecule has 0 atom stereocenters. The third kappa shape index (κ3) is 8.82. The molecule has 0 radical (unpaired) electrons. The van der Waals surface area contributed by atoms with E-state index in [2.05, 4.69) is 60.6 Å². The highest BCUT2D eigenvalue weighted by atomic mass is 15.1. The van der Waals surface area contributed by atoms with Crippen LogP contribution in [-0.4, -0.2) is 36.9 Å². The van der Waals surface area contributed by atoms with Crippen LogP contribution in [0.4, 0.5) is 5.69 Å². The lowest BCUT2D eigenvalue weighted by Crippen LogP contribution is -2.39. The van der Waals surface area contributed by atoms with E-state index in [0.29, 0.717) is 6.04 Å². The number of hydrogen-bond acceptors (Lipinski definition) is 3. The van der Waals surface area contributed by atoms with Gasteiger partial charge in [0, 0.05) is 24.8 Å². The van der Waals surface area contributed by atoms with E-state index < -0.39 is 0 Å². The van der Waals surface area contributed by atoms with Gasteiger partial charge in [-0.25, -0.2) is 0 Å². The third-order valence-electron chi connectivity index (χ3n) is 6.89. The molecule has 1 saturated carbocycles. The number of rotatable bonds is 9. The minimum atomic E-state index is 0.628. The van der Waals surface area contributed by atoms with Crippen LogP contribution in [0, 0.1) is 5.41 Å². The first-order chi connectivity index (χ1) is 15.6. The Bertz CT molecular complexity index is 729. The Labute approximate surface area is 196 Å². The Balaban J connectivity index is 0.00000114. The molecular weight excluding hydrogens is 392 g/mol. The number of allylic oxidation sites excluding steroid dienone is 3. The smallest absolute Gasteiger partial charge is 0.0765 e. The zero-order valence-corrected chi connectivity index (χ0v) is 20.6. The lowest BCUT2D eigenvalue weighted by atomic mass is 9.86. The number of likely N-dealkylation sites (tertiary alicyclic amines) is 1. The molecule has 1 saturated heterocycles. The SMILES string of the molecule is C=C1CCCC/C1=C(/C)CCCN1CCC(Nc2ccccc2CCCC)CC1.N=CN. The fourth-order valence-electron chi connectivity index (χ4n) is 4.97. The van der Waals surface area contributed by atoms with Crippen molar-refractivity contribution in [1.82, 2.24) is 4.90 Å². The van der Waals surface area contributed by atoms with Crippen LogP contribution in [-0.2, 0) is 6.42 Å². The summed E-state index contributed by atoms with van der Waals surface area (Å²) in [6.07, 6.45) is 14.7.